The molecule has 1 heterocycles. The number of imide groups is 1. The van der Waals surface area contributed by atoms with Crippen LogP contribution in [0, 0.1) is 0 Å². The van der Waals surface area contributed by atoms with Crippen molar-refractivity contribution in [2.45, 2.75) is 30.9 Å². The van der Waals surface area contributed by atoms with Gasteiger partial charge in [0, 0.05) is 5.39 Å². The molecule has 0 N–H and O–H groups in total. The zero-order chi connectivity index (χ0) is 16.9. The van der Waals surface area contributed by atoms with Crippen molar-refractivity contribution in [2.75, 3.05) is 0 Å². The largest absolute Gasteiger partial charge is 0.291 e. The quantitative estimate of drug-likeness (QED) is 0.799. The third kappa shape index (κ3) is 2.23. The highest BCUT2D eigenvalue weighted by Crippen LogP contribution is 2.32. The minimum atomic E-state index is -4.01. The first-order valence-electron chi connectivity index (χ1n) is 7.83. The molecule has 24 heavy (non-hydrogen) atoms. The van der Waals surface area contributed by atoms with E-state index in [4.69, 9.17) is 4.28 Å². The summed E-state index contributed by atoms with van der Waals surface area (Å²) in [6.07, 6.45) is 2.59. The van der Waals surface area contributed by atoms with Crippen molar-refractivity contribution in [1.29, 1.82) is 0 Å². The van der Waals surface area contributed by atoms with Gasteiger partial charge in [0.25, 0.3) is 21.9 Å². The van der Waals surface area contributed by atoms with Crippen molar-refractivity contribution < 1.29 is 22.3 Å². The second-order valence-electron chi connectivity index (χ2n) is 6.09. The molecule has 1 saturated carbocycles. The van der Waals surface area contributed by atoms with Crippen LogP contribution in [0.1, 0.15) is 46.4 Å². The van der Waals surface area contributed by atoms with Gasteiger partial charge in [-0.05, 0) is 30.4 Å². The van der Waals surface area contributed by atoms with E-state index in [1.165, 1.54) is 0 Å². The summed E-state index contributed by atoms with van der Waals surface area (Å²) in [7, 11) is -4.01. The highest BCUT2D eigenvalue weighted by molar-refractivity contribution is 7.87. The number of carbonyl (C=O) groups is 2. The molecule has 0 atom stereocenters. The van der Waals surface area contributed by atoms with Crippen molar-refractivity contribution in [3.05, 3.63) is 47.5 Å². The smallest absolute Gasteiger partial charge is 0.266 e. The summed E-state index contributed by atoms with van der Waals surface area (Å²) in [6, 6.07) is 10.1. The lowest BCUT2D eigenvalue weighted by atomic mass is 9.95. The predicted molar refractivity (Wildman–Crippen MR) is 86.7 cm³/mol. The number of benzene rings is 2. The fourth-order valence-electron chi connectivity index (χ4n) is 3.42. The highest BCUT2D eigenvalue weighted by atomic mass is 32.2. The monoisotopic (exact) mass is 345 g/mol. The van der Waals surface area contributed by atoms with Crippen LogP contribution in [0.4, 0.5) is 0 Å². The zero-order valence-corrected chi connectivity index (χ0v) is 13.6. The molecule has 6 nitrogen and oxygen atoms in total. The van der Waals surface area contributed by atoms with Gasteiger partial charge in [-0.2, -0.15) is 8.42 Å². The molecule has 2 aromatic rings. The van der Waals surface area contributed by atoms with Crippen LogP contribution in [-0.2, 0) is 14.4 Å². The van der Waals surface area contributed by atoms with Gasteiger partial charge in [-0.15, -0.1) is 9.35 Å². The third-order valence-corrected chi connectivity index (χ3v) is 6.27. The summed E-state index contributed by atoms with van der Waals surface area (Å²) in [5.74, 6) is -1.49. The van der Waals surface area contributed by atoms with E-state index in [1.807, 2.05) is 0 Å². The van der Waals surface area contributed by atoms with E-state index < -0.39 is 27.2 Å². The Labute approximate surface area is 139 Å². The van der Waals surface area contributed by atoms with Gasteiger partial charge in [0.1, 0.15) is 0 Å². The molecular formula is C17H15NO5S. The first-order valence-corrected chi connectivity index (χ1v) is 9.30. The van der Waals surface area contributed by atoms with Gasteiger partial charge < -0.3 is 0 Å². The first-order chi connectivity index (χ1) is 11.5. The number of amides is 2. The molecule has 124 valence electrons. The maximum atomic E-state index is 12.6. The van der Waals surface area contributed by atoms with Crippen molar-refractivity contribution in [1.82, 2.24) is 5.06 Å². The third-order valence-electron chi connectivity index (χ3n) is 4.62. The molecule has 0 aromatic heterocycles. The maximum Gasteiger partial charge on any atom is 0.291 e. The summed E-state index contributed by atoms with van der Waals surface area (Å²) < 4.78 is 29.7. The standard InChI is InChI=1S/C17H15NO5S/c19-16-13-9-3-5-11-6-4-10-14(15(11)13)17(20)18(16)23-24(21,22)12-7-1-2-8-12/h3-6,9-10,12H,1-2,7-8H2. The van der Waals surface area contributed by atoms with Crippen LogP contribution in [0.2, 0.25) is 0 Å². The lowest BCUT2D eigenvalue weighted by Gasteiger charge is -2.26. The average molecular weight is 345 g/mol. The van der Waals surface area contributed by atoms with Gasteiger partial charge in [-0.1, -0.05) is 37.1 Å². The summed E-state index contributed by atoms with van der Waals surface area (Å²) >= 11 is 0. The summed E-state index contributed by atoms with van der Waals surface area (Å²) in [5.41, 5.74) is 0.536. The molecule has 1 aliphatic carbocycles. The second-order valence-corrected chi connectivity index (χ2v) is 7.89. The number of nitrogens with zero attached hydrogens (tertiary/aromatic N) is 1. The molecule has 1 fully saturated rings. The van der Waals surface area contributed by atoms with Crippen LogP contribution in [0.3, 0.4) is 0 Å². The van der Waals surface area contributed by atoms with Crippen molar-refractivity contribution in [3.8, 4) is 0 Å². The Balaban J connectivity index is 1.77. The highest BCUT2D eigenvalue weighted by Gasteiger charge is 2.40. The molecule has 2 aromatic carbocycles. The van der Waals surface area contributed by atoms with Gasteiger partial charge in [-0.3, -0.25) is 9.59 Å². The normalized spacial score (nSPS) is 18.6. The number of hydrogen-bond acceptors (Lipinski definition) is 5. The Kier molecular flexibility index (Phi) is 3.43. The molecule has 2 aliphatic rings. The molecule has 0 saturated heterocycles. The maximum absolute atomic E-state index is 12.6. The summed E-state index contributed by atoms with van der Waals surface area (Å²) in [6.45, 7) is 0. The average Bonchev–Trinajstić information content (AvgIpc) is 3.12. The van der Waals surface area contributed by atoms with Crippen LogP contribution in [0.15, 0.2) is 36.4 Å². The summed E-state index contributed by atoms with van der Waals surface area (Å²) in [4.78, 5) is 25.2. The first kappa shape index (κ1) is 15.3. The SMILES string of the molecule is O=C1c2cccc3cccc(c23)C(=O)N1OS(=O)(=O)C1CCCC1. The summed E-state index contributed by atoms with van der Waals surface area (Å²) in [5, 5.41) is 1.02. The van der Waals surface area contributed by atoms with Gasteiger partial charge in [-0.25, -0.2) is 0 Å². The van der Waals surface area contributed by atoms with Crippen molar-refractivity contribution in [2.24, 2.45) is 0 Å². The fraction of sp³-hybridized carbons (Fsp3) is 0.294. The zero-order valence-electron chi connectivity index (χ0n) is 12.8. The Morgan fingerprint density at radius 3 is 2.00 bits per heavy atom. The Bertz CT molecular complexity index is 909. The number of hydroxylamine groups is 2. The molecule has 4 rings (SSSR count). The lowest BCUT2D eigenvalue weighted by Crippen LogP contribution is -2.43. The molecule has 0 bridgehead atoms. The second kappa shape index (κ2) is 5.39. The molecule has 0 spiro atoms. The molecule has 7 heteroatoms. The van der Waals surface area contributed by atoms with E-state index in [-0.39, 0.29) is 11.1 Å². The Hall–Kier alpha value is -2.25. The predicted octanol–water partition coefficient (Wildman–Crippen LogP) is 2.64. The van der Waals surface area contributed by atoms with Crippen LogP contribution in [0.25, 0.3) is 10.8 Å². The van der Waals surface area contributed by atoms with E-state index in [0.29, 0.717) is 23.3 Å². The fourth-order valence-corrected chi connectivity index (χ4v) is 4.79. The van der Waals surface area contributed by atoms with E-state index in [0.717, 1.165) is 18.2 Å². The van der Waals surface area contributed by atoms with Crippen molar-refractivity contribution >= 4 is 32.7 Å². The minimum Gasteiger partial charge on any atom is -0.266 e. The van der Waals surface area contributed by atoms with E-state index >= 15 is 0 Å². The van der Waals surface area contributed by atoms with Crippen LogP contribution >= 0.6 is 0 Å². The van der Waals surface area contributed by atoms with Gasteiger partial charge in [0.15, 0.2) is 0 Å². The van der Waals surface area contributed by atoms with Crippen LogP contribution < -0.4 is 0 Å². The Morgan fingerprint density at radius 2 is 1.46 bits per heavy atom. The van der Waals surface area contributed by atoms with Crippen LogP contribution in [0.5, 0.6) is 0 Å². The molecule has 0 radical (unpaired) electrons. The lowest BCUT2D eigenvalue weighted by molar-refractivity contribution is -0.0162. The number of hydrogen-bond donors (Lipinski definition) is 0. The molecular weight excluding hydrogens is 330 g/mol. The minimum absolute atomic E-state index is 0.268. The van der Waals surface area contributed by atoms with Gasteiger partial charge in [0.05, 0.1) is 16.4 Å². The molecule has 0 unspecified atom stereocenters. The number of rotatable bonds is 3. The topological polar surface area (TPSA) is 80.8 Å². The Morgan fingerprint density at radius 1 is 0.917 bits per heavy atom. The molecule has 2 amide bonds. The van der Waals surface area contributed by atoms with Gasteiger partial charge >= 0.3 is 0 Å². The van der Waals surface area contributed by atoms with Crippen LogP contribution in [-0.4, -0.2) is 30.5 Å². The van der Waals surface area contributed by atoms with E-state index in [1.54, 1.807) is 36.4 Å². The van der Waals surface area contributed by atoms with E-state index in [9.17, 15) is 18.0 Å². The molecule has 1 aliphatic heterocycles. The van der Waals surface area contributed by atoms with Crippen molar-refractivity contribution in [3.63, 3.8) is 0 Å². The number of carbonyl (C=O) groups excluding carboxylic acids is 2. The van der Waals surface area contributed by atoms with Gasteiger partial charge in [0.2, 0.25) is 0 Å². The van der Waals surface area contributed by atoms with E-state index in [2.05, 4.69) is 0 Å².